The Kier molecular flexibility index (Phi) is 2.45. The average molecular weight is 206 g/mol. The van der Waals surface area contributed by atoms with Crippen LogP contribution in [0.15, 0.2) is 12.3 Å². The van der Waals surface area contributed by atoms with Gasteiger partial charge in [-0.3, -0.25) is 4.90 Å². The Morgan fingerprint density at radius 3 is 2.93 bits per heavy atom. The molecule has 1 aliphatic rings. The van der Waals surface area contributed by atoms with E-state index in [0.717, 1.165) is 6.54 Å². The maximum absolute atomic E-state index is 11.7. The van der Waals surface area contributed by atoms with Crippen molar-refractivity contribution >= 4 is 11.7 Å². The minimum absolute atomic E-state index is 0.0327. The number of carbonyl (C=O) groups is 1. The number of hydrogen-bond donors (Lipinski definition) is 0. The molecule has 0 aromatic carbocycles. The molecule has 1 fully saturated rings. The smallest absolute Gasteiger partial charge is 0.324 e. The van der Waals surface area contributed by atoms with Gasteiger partial charge in [-0.2, -0.15) is 0 Å². The summed E-state index contributed by atoms with van der Waals surface area (Å²) in [4.78, 5) is 19.0. The minimum Gasteiger partial charge on any atom is -0.480 e. The molecular formula is C10H12N3O2. The number of rotatable bonds is 2. The van der Waals surface area contributed by atoms with Crippen molar-refractivity contribution in [1.82, 2.24) is 9.88 Å². The van der Waals surface area contributed by atoms with Crippen molar-refractivity contribution in [2.45, 2.75) is 0 Å². The number of urea groups is 1. The van der Waals surface area contributed by atoms with Crippen molar-refractivity contribution in [3.63, 3.8) is 0 Å². The molecule has 0 atom stereocenters. The highest BCUT2D eigenvalue weighted by molar-refractivity contribution is 5.95. The number of amides is 2. The van der Waals surface area contributed by atoms with Crippen molar-refractivity contribution in [2.75, 3.05) is 32.1 Å². The lowest BCUT2D eigenvalue weighted by molar-refractivity contribution is 0.229. The Hall–Kier alpha value is -1.78. The second-order valence-corrected chi connectivity index (χ2v) is 3.32. The molecule has 2 rings (SSSR count). The van der Waals surface area contributed by atoms with E-state index >= 15 is 0 Å². The van der Waals surface area contributed by atoms with Crippen LogP contribution in [0.2, 0.25) is 0 Å². The Labute approximate surface area is 88.3 Å². The van der Waals surface area contributed by atoms with Crippen LogP contribution in [-0.4, -0.2) is 43.2 Å². The van der Waals surface area contributed by atoms with Crippen molar-refractivity contribution in [3.05, 3.63) is 18.3 Å². The van der Waals surface area contributed by atoms with Gasteiger partial charge in [-0.25, -0.2) is 9.78 Å². The lowest BCUT2D eigenvalue weighted by atomic mass is 10.3. The molecule has 15 heavy (non-hydrogen) atoms. The summed E-state index contributed by atoms with van der Waals surface area (Å²) in [6.07, 6.45) is 1.52. The normalized spacial score (nSPS) is 16.0. The van der Waals surface area contributed by atoms with Gasteiger partial charge in [0, 0.05) is 32.4 Å². The van der Waals surface area contributed by atoms with E-state index < -0.39 is 0 Å². The molecule has 0 aliphatic carbocycles. The highest BCUT2D eigenvalue weighted by atomic mass is 16.5. The number of carbonyl (C=O) groups excluding carboxylic acids is 1. The quantitative estimate of drug-likeness (QED) is 0.717. The first-order valence-electron chi connectivity index (χ1n) is 4.66. The number of pyridine rings is 1. The summed E-state index contributed by atoms with van der Waals surface area (Å²) < 4.78 is 5.10. The van der Waals surface area contributed by atoms with Gasteiger partial charge in [-0.15, -0.1) is 0 Å². The van der Waals surface area contributed by atoms with Crippen molar-refractivity contribution < 1.29 is 9.53 Å². The molecule has 1 saturated heterocycles. The third kappa shape index (κ3) is 1.60. The number of nitrogens with zero attached hydrogens (tertiary/aromatic N) is 3. The first kappa shape index (κ1) is 9.76. The molecule has 5 heteroatoms. The standard InChI is InChI=1S/C10H12N3O2/c1-12-6-7-13(10(12)14)8-4-3-5-11-9(8)15-2/h4-5H,6-7H2,1-2H3. The van der Waals surface area contributed by atoms with Crippen LogP contribution in [0.5, 0.6) is 5.88 Å². The predicted octanol–water partition coefficient (Wildman–Crippen LogP) is 0.762. The Morgan fingerprint density at radius 2 is 2.33 bits per heavy atom. The van der Waals surface area contributed by atoms with Gasteiger partial charge >= 0.3 is 6.03 Å². The van der Waals surface area contributed by atoms with E-state index in [1.165, 1.54) is 13.3 Å². The number of anilines is 1. The molecule has 0 unspecified atom stereocenters. The number of hydrogen-bond acceptors (Lipinski definition) is 3. The lowest BCUT2D eigenvalue weighted by Gasteiger charge is -2.17. The van der Waals surface area contributed by atoms with E-state index in [4.69, 9.17) is 4.74 Å². The van der Waals surface area contributed by atoms with Gasteiger partial charge in [0.15, 0.2) is 0 Å². The predicted molar refractivity (Wildman–Crippen MR) is 55.0 cm³/mol. The molecule has 0 spiro atoms. The molecule has 2 heterocycles. The number of aromatic nitrogens is 1. The molecule has 1 aromatic heterocycles. The second-order valence-electron chi connectivity index (χ2n) is 3.32. The summed E-state index contributed by atoms with van der Waals surface area (Å²) in [6, 6.07) is 4.52. The van der Waals surface area contributed by atoms with Crippen molar-refractivity contribution in [1.29, 1.82) is 0 Å². The van der Waals surface area contributed by atoms with Gasteiger partial charge in [0.05, 0.1) is 7.11 Å². The maximum atomic E-state index is 11.7. The van der Waals surface area contributed by atoms with E-state index in [9.17, 15) is 4.79 Å². The number of likely N-dealkylation sites (N-methyl/N-ethyl adjacent to an activating group) is 1. The second kappa shape index (κ2) is 3.76. The highest BCUT2D eigenvalue weighted by Gasteiger charge is 2.28. The van der Waals surface area contributed by atoms with Gasteiger partial charge in [0.1, 0.15) is 5.69 Å². The van der Waals surface area contributed by atoms with Gasteiger partial charge in [-0.1, -0.05) is 0 Å². The number of ether oxygens (including phenoxy) is 1. The van der Waals surface area contributed by atoms with Crippen molar-refractivity contribution in [3.8, 4) is 5.88 Å². The Balaban J connectivity index is 2.33. The zero-order chi connectivity index (χ0) is 10.8. The zero-order valence-corrected chi connectivity index (χ0v) is 8.73. The van der Waals surface area contributed by atoms with Crippen LogP contribution >= 0.6 is 0 Å². The zero-order valence-electron chi connectivity index (χ0n) is 8.73. The largest absolute Gasteiger partial charge is 0.480 e. The Bertz CT molecular complexity index is 381. The monoisotopic (exact) mass is 206 g/mol. The van der Waals surface area contributed by atoms with Gasteiger partial charge in [0.25, 0.3) is 0 Å². The third-order valence-electron chi connectivity index (χ3n) is 2.40. The molecule has 0 N–H and O–H groups in total. The van der Waals surface area contributed by atoms with E-state index in [0.29, 0.717) is 18.1 Å². The summed E-state index contributed by atoms with van der Waals surface area (Å²) in [5.41, 5.74) is 0.675. The van der Waals surface area contributed by atoms with E-state index in [1.54, 1.807) is 22.9 Å². The molecule has 1 aromatic rings. The topological polar surface area (TPSA) is 45.7 Å². The molecular weight excluding hydrogens is 194 g/mol. The minimum atomic E-state index is -0.0327. The fourth-order valence-corrected chi connectivity index (χ4v) is 1.56. The summed E-state index contributed by atoms with van der Waals surface area (Å²) in [6.45, 7) is 1.38. The highest BCUT2D eigenvalue weighted by Crippen LogP contribution is 2.27. The van der Waals surface area contributed by atoms with E-state index in [2.05, 4.69) is 11.1 Å². The molecule has 2 amide bonds. The summed E-state index contributed by atoms with van der Waals surface area (Å²) >= 11 is 0. The van der Waals surface area contributed by atoms with Crippen LogP contribution in [-0.2, 0) is 0 Å². The fourth-order valence-electron chi connectivity index (χ4n) is 1.56. The first-order chi connectivity index (χ1) is 7.24. The molecule has 1 aliphatic heterocycles. The summed E-state index contributed by atoms with van der Waals surface area (Å²) in [7, 11) is 3.31. The molecule has 0 saturated carbocycles. The molecule has 5 nitrogen and oxygen atoms in total. The van der Waals surface area contributed by atoms with Crippen molar-refractivity contribution in [2.24, 2.45) is 0 Å². The number of methoxy groups -OCH3 is 1. The van der Waals surface area contributed by atoms with Gasteiger partial charge in [-0.05, 0) is 6.07 Å². The fraction of sp³-hybridized carbons (Fsp3) is 0.400. The van der Waals surface area contributed by atoms with Crippen LogP contribution in [0.4, 0.5) is 10.5 Å². The maximum Gasteiger partial charge on any atom is 0.324 e. The van der Waals surface area contributed by atoms with Crippen LogP contribution in [0, 0.1) is 6.07 Å². The molecule has 1 radical (unpaired) electrons. The van der Waals surface area contributed by atoms with Crippen LogP contribution in [0.3, 0.4) is 0 Å². The summed E-state index contributed by atoms with van der Waals surface area (Å²) in [5.74, 6) is 0.456. The SMILES string of the molecule is COc1nc[c]cc1N1CCN(C)C1=O. The lowest BCUT2D eigenvalue weighted by Crippen LogP contribution is -2.29. The van der Waals surface area contributed by atoms with E-state index in [-0.39, 0.29) is 6.03 Å². The average Bonchev–Trinajstić information content (AvgIpc) is 2.60. The molecule has 0 bridgehead atoms. The first-order valence-corrected chi connectivity index (χ1v) is 4.66. The third-order valence-corrected chi connectivity index (χ3v) is 2.40. The van der Waals surface area contributed by atoms with Gasteiger partial charge in [0.2, 0.25) is 5.88 Å². The van der Waals surface area contributed by atoms with E-state index in [1.807, 2.05) is 0 Å². The van der Waals surface area contributed by atoms with Crippen LogP contribution in [0.25, 0.3) is 0 Å². The van der Waals surface area contributed by atoms with Gasteiger partial charge < -0.3 is 9.64 Å². The molecule has 79 valence electrons. The Morgan fingerprint density at radius 1 is 1.53 bits per heavy atom. The van der Waals surface area contributed by atoms with Crippen LogP contribution < -0.4 is 9.64 Å². The summed E-state index contributed by atoms with van der Waals surface area (Å²) in [5, 5.41) is 0. The van der Waals surface area contributed by atoms with Crippen LogP contribution in [0.1, 0.15) is 0 Å².